The first-order valence-electron chi connectivity index (χ1n) is 7.45. The Morgan fingerprint density at radius 3 is 2.27 bits per heavy atom. The summed E-state index contributed by atoms with van der Waals surface area (Å²) in [7, 11) is 0. The largest absolute Gasteiger partial charge is 0.374 e. The van der Waals surface area contributed by atoms with Crippen molar-refractivity contribution in [1.29, 1.82) is 5.26 Å². The second kappa shape index (κ2) is 9.77. The molecule has 1 fully saturated rings. The third kappa shape index (κ3) is 5.35. The van der Waals surface area contributed by atoms with Crippen LogP contribution in [0.3, 0.4) is 0 Å². The molecule has 0 aromatic rings. The fourth-order valence-electron chi connectivity index (χ4n) is 2.34. The van der Waals surface area contributed by atoms with Gasteiger partial charge in [0, 0.05) is 58.6 Å². The molecule has 22 heavy (non-hydrogen) atoms. The van der Waals surface area contributed by atoms with Crippen LogP contribution in [-0.2, 0) is 4.79 Å². The van der Waals surface area contributed by atoms with Crippen LogP contribution in [0.2, 0.25) is 0 Å². The van der Waals surface area contributed by atoms with E-state index in [0.717, 1.165) is 32.7 Å². The number of nitrogens with zero attached hydrogens (tertiary/aromatic N) is 4. The van der Waals surface area contributed by atoms with Crippen LogP contribution in [0.25, 0.3) is 0 Å². The molecule has 120 valence electrons. The van der Waals surface area contributed by atoms with E-state index in [-0.39, 0.29) is 11.5 Å². The summed E-state index contributed by atoms with van der Waals surface area (Å²) in [5, 5.41) is 9.28. The lowest BCUT2D eigenvalue weighted by molar-refractivity contribution is -0.125. The molecule has 1 rings (SSSR count). The van der Waals surface area contributed by atoms with Crippen LogP contribution in [-0.4, -0.2) is 73.0 Å². The van der Waals surface area contributed by atoms with Gasteiger partial charge in [0.05, 0.1) is 0 Å². The van der Waals surface area contributed by atoms with E-state index in [0.29, 0.717) is 19.6 Å². The molecule has 1 aliphatic heterocycles. The van der Waals surface area contributed by atoms with E-state index in [9.17, 15) is 10.1 Å². The van der Waals surface area contributed by atoms with E-state index in [1.165, 1.54) is 0 Å². The van der Waals surface area contributed by atoms with Gasteiger partial charge in [-0.05, 0) is 0 Å². The van der Waals surface area contributed by atoms with E-state index in [2.05, 4.69) is 18.1 Å². The second-order valence-corrected chi connectivity index (χ2v) is 5.11. The molecule has 1 heterocycles. The van der Waals surface area contributed by atoms with Gasteiger partial charge in [-0.1, -0.05) is 12.2 Å². The Bertz CT molecular complexity index is 448. The molecule has 6 heteroatoms. The zero-order valence-corrected chi connectivity index (χ0v) is 13.1. The predicted octanol–water partition coefficient (Wildman–Crippen LogP) is 0.171. The third-order valence-corrected chi connectivity index (χ3v) is 3.50. The standard InChI is InChI=1S/C16H25N5O/c1-3-6-21(7-4-2)16(22)15(13-18)14-20-11-9-19(8-5-17)10-12-20/h3-4,14H,1-2,5-12,17H2/b15-14-. The maximum absolute atomic E-state index is 12.4. The van der Waals surface area contributed by atoms with Crippen molar-refractivity contribution in [3.8, 4) is 6.07 Å². The molecule has 1 aliphatic rings. The van der Waals surface area contributed by atoms with E-state index in [1.54, 1.807) is 23.3 Å². The molecule has 0 bridgehead atoms. The summed E-state index contributed by atoms with van der Waals surface area (Å²) in [6.45, 7) is 13.0. The highest BCUT2D eigenvalue weighted by Crippen LogP contribution is 2.07. The number of rotatable bonds is 8. The molecule has 0 unspecified atom stereocenters. The lowest BCUT2D eigenvalue weighted by Crippen LogP contribution is -2.46. The van der Waals surface area contributed by atoms with Crippen molar-refractivity contribution >= 4 is 5.91 Å². The molecule has 0 aromatic carbocycles. The molecule has 0 spiro atoms. The molecular weight excluding hydrogens is 278 g/mol. The van der Waals surface area contributed by atoms with E-state index in [4.69, 9.17) is 5.73 Å². The average molecular weight is 303 g/mol. The highest BCUT2D eigenvalue weighted by atomic mass is 16.2. The molecule has 0 aliphatic carbocycles. The van der Waals surface area contributed by atoms with Crippen LogP contribution >= 0.6 is 0 Å². The smallest absolute Gasteiger partial charge is 0.266 e. The summed E-state index contributed by atoms with van der Waals surface area (Å²) >= 11 is 0. The second-order valence-electron chi connectivity index (χ2n) is 5.11. The Kier molecular flexibility index (Phi) is 7.97. The quantitative estimate of drug-likeness (QED) is 0.393. The number of hydrogen-bond donors (Lipinski definition) is 1. The Labute approximate surface area is 132 Å². The first-order chi connectivity index (χ1) is 10.7. The Morgan fingerprint density at radius 1 is 1.23 bits per heavy atom. The fraction of sp³-hybridized carbons (Fsp3) is 0.500. The zero-order chi connectivity index (χ0) is 16.4. The van der Waals surface area contributed by atoms with Crippen molar-refractivity contribution in [2.75, 3.05) is 52.4 Å². The van der Waals surface area contributed by atoms with Gasteiger partial charge in [0.1, 0.15) is 11.6 Å². The topological polar surface area (TPSA) is 76.6 Å². The number of amides is 1. The Morgan fingerprint density at radius 2 is 1.82 bits per heavy atom. The summed E-state index contributed by atoms with van der Waals surface area (Å²) in [6.07, 6.45) is 4.95. The Hall–Kier alpha value is -2.10. The summed E-state index contributed by atoms with van der Waals surface area (Å²) in [4.78, 5) is 18.2. The van der Waals surface area contributed by atoms with Crippen molar-refractivity contribution in [2.24, 2.45) is 5.73 Å². The minimum absolute atomic E-state index is 0.149. The van der Waals surface area contributed by atoms with Gasteiger partial charge in [-0.25, -0.2) is 0 Å². The number of hydrogen-bond acceptors (Lipinski definition) is 5. The van der Waals surface area contributed by atoms with Gasteiger partial charge in [0.15, 0.2) is 0 Å². The first kappa shape index (κ1) is 18.0. The highest BCUT2D eigenvalue weighted by Gasteiger charge is 2.19. The molecule has 1 saturated heterocycles. The van der Waals surface area contributed by atoms with Gasteiger partial charge in [-0.15, -0.1) is 13.2 Å². The summed E-state index contributed by atoms with van der Waals surface area (Å²) < 4.78 is 0. The van der Waals surface area contributed by atoms with Crippen LogP contribution in [0.4, 0.5) is 0 Å². The van der Waals surface area contributed by atoms with Crippen LogP contribution in [0.5, 0.6) is 0 Å². The minimum Gasteiger partial charge on any atom is -0.374 e. The highest BCUT2D eigenvalue weighted by molar-refractivity contribution is 5.97. The van der Waals surface area contributed by atoms with Gasteiger partial charge in [0.25, 0.3) is 5.91 Å². The van der Waals surface area contributed by atoms with Crippen molar-refractivity contribution in [3.63, 3.8) is 0 Å². The zero-order valence-electron chi connectivity index (χ0n) is 13.1. The van der Waals surface area contributed by atoms with Crippen LogP contribution in [0.15, 0.2) is 37.1 Å². The maximum Gasteiger partial charge on any atom is 0.266 e. The van der Waals surface area contributed by atoms with Crippen molar-refractivity contribution in [3.05, 3.63) is 37.1 Å². The molecular formula is C16H25N5O. The first-order valence-corrected chi connectivity index (χ1v) is 7.45. The molecule has 0 atom stereocenters. The number of carbonyl (C=O) groups is 1. The van der Waals surface area contributed by atoms with Gasteiger partial charge in [-0.2, -0.15) is 5.26 Å². The van der Waals surface area contributed by atoms with Gasteiger partial charge >= 0.3 is 0 Å². The Balaban J connectivity index is 2.70. The van der Waals surface area contributed by atoms with Gasteiger partial charge in [-0.3, -0.25) is 9.69 Å². The normalized spacial score (nSPS) is 16.0. The van der Waals surface area contributed by atoms with E-state index < -0.39 is 0 Å². The van der Waals surface area contributed by atoms with Gasteiger partial charge < -0.3 is 15.5 Å². The SMILES string of the molecule is C=CCN(CC=C)C(=O)/C(C#N)=C\N1CCN(CCN)CC1. The van der Waals surface area contributed by atoms with Crippen LogP contribution in [0, 0.1) is 11.3 Å². The summed E-state index contributed by atoms with van der Waals surface area (Å²) in [5.41, 5.74) is 5.70. The summed E-state index contributed by atoms with van der Waals surface area (Å²) in [5.74, 6) is -0.285. The third-order valence-electron chi connectivity index (χ3n) is 3.50. The van der Waals surface area contributed by atoms with Crippen LogP contribution in [0.1, 0.15) is 0 Å². The van der Waals surface area contributed by atoms with Crippen molar-refractivity contribution in [1.82, 2.24) is 14.7 Å². The molecule has 0 aromatic heterocycles. The van der Waals surface area contributed by atoms with Crippen molar-refractivity contribution in [2.45, 2.75) is 0 Å². The average Bonchev–Trinajstić information content (AvgIpc) is 2.53. The number of piperazine rings is 1. The number of nitrogens with two attached hydrogens (primary N) is 1. The van der Waals surface area contributed by atoms with Crippen molar-refractivity contribution < 1.29 is 4.79 Å². The molecule has 6 nitrogen and oxygen atoms in total. The number of nitriles is 1. The lowest BCUT2D eigenvalue weighted by Gasteiger charge is -2.34. The predicted molar refractivity (Wildman–Crippen MR) is 87.7 cm³/mol. The molecule has 2 N–H and O–H groups in total. The maximum atomic E-state index is 12.4. The van der Waals surface area contributed by atoms with E-state index in [1.807, 2.05) is 11.0 Å². The monoisotopic (exact) mass is 303 g/mol. The van der Waals surface area contributed by atoms with Crippen LogP contribution < -0.4 is 5.73 Å². The lowest BCUT2D eigenvalue weighted by atomic mass is 10.2. The van der Waals surface area contributed by atoms with Gasteiger partial charge in [0.2, 0.25) is 0 Å². The number of carbonyl (C=O) groups excluding carboxylic acids is 1. The summed E-state index contributed by atoms with van der Waals surface area (Å²) in [6, 6.07) is 2.01. The molecule has 0 radical (unpaired) electrons. The molecule has 0 saturated carbocycles. The fourth-order valence-corrected chi connectivity index (χ4v) is 2.34. The van der Waals surface area contributed by atoms with E-state index >= 15 is 0 Å². The minimum atomic E-state index is -0.285. The molecule has 1 amide bonds.